The Morgan fingerprint density at radius 3 is 2.56 bits per heavy atom. The molecule has 2 heterocycles. The summed E-state index contributed by atoms with van der Waals surface area (Å²) < 4.78 is 27.5. The number of aromatic nitrogens is 2. The Morgan fingerprint density at radius 1 is 1.16 bits per heavy atom. The van der Waals surface area contributed by atoms with Crippen molar-refractivity contribution in [2.45, 2.75) is 11.6 Å². The van der Waals surface area contributed by atoms with Crippen molar-refractivity contribution >= 4 is 15.9 Å². The molecule has 128 valence electrons. The smallest absolute Gasteiger partial charge is 0.255 e. The summed E-state index contributed by atoms with van der Waals surface area (Å²) >= 11 is 0. The van der Waals surface area contributed by atoms with Crippen molar-refractivity contribution in [3.8, 4) is 11.3 Å². The van der Waals surface area contributed by atoms with Crippen LogP contribution < -0.4 is 10.5 Å². The molecule has 25 heavy (non-hydrogen) atoms. The van der Waals surface area contributed by atoms with Crippen molar-refractivity contribution in [1.82, 2.24) is 15.5 Å². The van der Waals surface area contributed by atoms with E-state index in [4.69, 9.17) is 9.66 Å². The predicted octanol–water partition coefficient (Wildman–Crippen LogP) is 1.31. The zero-order valence-electron chi connectivity index (χ0n) is 12.9. The molecular formula is C16H14N4O4S. The first-order valence-corrected chi connectivity index (χ1v) is 8.76. The Balaban J connectivity index is 1.64. The Kier molecular flexibility index (Phi) is 4.59. The molecule has 3 N–H and O–H groups in total. The molecule has 0 aliphatic heterocycles. The number of pyridine rings is 1. The molecular weight excluding hydrogens is 344 g/mol. The zero-order chi connectivity index (χ0) is 17.9. The molecule has 9 heteroatoms. The molecule has 0 fully saturated rings. The van der Waals surface area contributed by atoms with Gasteiger partial charge in [-0.05, 0) is 12.1 Å². The van der Waals surface area contributed by atoms with Crippen LogP contribution in [-0.4, -0.2) is 24.5 Å². The molecule has 0 unspecified atom stereocenters. The lowest BCUT2D eigenvalue weighted by molar-refractivity contribution is 0.0949. The number of primary sulfonamides is 1. The van der Waals surface area contributed by atoms with Crippen LogP contribution in [-0.2, 0) is 16.6 Å². The van der Waals surface area contributed by atoms with Gasteiger partial charge in [-0.1, -0.05) is 35.5 Å². The largest absolute Gasteiger partial charge is 0.356 e. The number of nitrogens with zero attached hydrogens (tertiary/aromatic N) is 2. The Hall–Kier alpha value is -3.04. The minimum Gasteiger partial charge on any atom is -0.356 e. The van der Waals surface area contributed by atoms with Gasteiger partial charge in [0.15, 0.2) is 10.8 Å². The molecule has 0 saturated heterocycles. The van der Waals surface area contributed by atoms with E-state index in [1.54, 1.807) is 6.07 Å². The molecule has 1 aromatic carbocycles. The van der Waals surface area contributed by atoms with E-state index in [0.29, 0.717) is 11.5 Å². The van der Waals surface area contributed by atoms with Crippen molar-refractivity contribution < 1.29 is 17.7 Å². The van der Waals surface area contributed by atoms with Gasteiger partial charge in [0.2, 0.25) is 0 Å². The third kappa shape index (κ3) is 4.08. The molecule has 0 radical (unpaired) electrons. The lowest BCUT2D eigenvalue weighted by Crippen LogP contribution is -2.23. The van der Waals surface area contributed by atoms with Crippen LogP contribution in [0.25, 0.3) is 11.3 Å². The summed E-state index contributed by atoms with van der Waals surface area (Å²) in [6.07, 6.45) is 1.15. The van der Waals surface area contributed by atoms with Crippen molar-refractivity contribution in [1.29, 1.82) is 0 Å². The number of hydrogen-bond acceptors (Lipinski definition) is 6. The van der Waals surface area contributed by atoms with Gasteiger partial charge in [-0.2, -0.15) is 0 Å². The lowest BCUT2D eigenvalue weighted by atomic mass is 10.1. The van der Waals surface area contributed by atoms with Gasteiger partial charge in [-0.25, -0.2) is 18.5 Å². The van der Waals surface area contributed by atoms with Crippen LogP contribution in [0.3, 0.4) is 0 Å². The standard InChI is InChI=1S/C16H14N4O4S/c17-25(22,23)15-7-6-12(9-18-15)16(21)19-10-13-8-14(24-20-13)11-4-2-1-3-5-11/h1-9H,10H2,(H,19,21)(H2,17,22,23). The van der Waals surface area contributed by atoms with Gasteiger partial charge in [0, 0.05) is 17.8 Å². The van der Waals surface area contributed by atoms with Gasteiger partial charge < -0.3 is 9.84 Å². The van der Waals surface area contributed by atoms with Gasteiger partial charge in [0.25, 0.3) is 15.9 Å². The molecule has 0 bridgehead atoms. The van der Waals surface area contributed by atoms with E-state index in [1.807, 2.05) is 30.3 Å². The van der Waals surface area contributed by atoms with E-state index in [-0.39, 0.29) is 17.1 Å². The van der Waals surface area contributed by atoms with Gasteiger partial charge in [-0.15, -0.1) is 0 Å². The summed E-state index contributed by atoms with van der Waals surface area (Å²) in [6, 6.07) is 13.7. The number of amides is 1. The van der Waals surface area contributed by atoms with E-state index >= 15 is 0 Å². The molecule has 1 amide bonds. The van der Waals surface area contributed by atoms with E-state index in [9.17, 15) is 13.2 Å². The molecule has 0 aliphatic carbocycles. The highest BCUT2D eigenvalue weighted by Gasteiger charge is 2.13. The molecule has 0 saturated carbocycles. The van der Waals surface area contributed by atoms with Gasteiger partial charge in [-0.3, -0.25) is 4.79 Å². The van der Waals surface area contributed by atoms with Gasteiger partial charge >= 0.3 is 0 Å². The van der Waals surface area contributed by atoms with Crippen LogP contribution in [0.4, 0.5) is 0 Å². The minimum atomic E-state index is -3.89. The molecule has 0 spiro atoms. The van der Waals surface area contributed by atoms with Crippen LogP contribution in [0, 0.1) is 0 Å². The Labute approximate surface area is 143 Å². The number of sulfonamides is 1. The van der Waals surface area contributed by atoms with E-state index in [1.165, 1.54) is 12.1 Å². The predicted molar refractivity (Wildman–Crippen MR) is 88.7 cm³/mol. The van der Waals surface area contributed by atoms with Crippen LogP contribution >= 0.6 is 0 Å². The van der Waals surface area contributed by atoms with Crippen molar-refractivity contribution in [2.24, 2.45) is 5.14 Å². The summed E-state index contributed by atoms with van der Waals surface area (Å²) in [7, 11) is -3.89. The van der Waals surface area contributed by atoms with Crippen LogP contribution in [0.2, 0.25) is 0 Å². The number of carbonyl (C=O) groups is 1. The van der Waals surface area contributed by atoms with E-state index < -0.39 is 15.9 Å². The average molecular weight is 358 g/mol. The minimum absolute atomic E-state index is 0.159. The van der Waals surface area contributed by atoms with Crippen molar-refractivity contribution in [3.05, 3.63) is 66.0 Å². The third-order valence-electron chi connectivity index (χ3n) is 3.34. The maximum absolute atomic E-state index is 12.1. The second kappa shape index (κ2) is 6.83. The number of hydrogen-bond donors (Lipinski definition) is 2. The first-order chi connectivity index (χ1) is 11.9. The fourth-order valence-electron chi connectivity index (χ4n) is 2.09. The number of nitrogens with one attached hydrogen (secondary N) is 1. The first kappa shape index (κ1) is 16.8. The maximum atomic E-state index is 12.1. The zero-order valence-corrected chi connectivity index (χ0v) is 13.7. The van der Waals surface area contributed by atoms with Crippen LogP contribution in [0.1, 0.15) is 16.1 Å². The van der Waals surface area contributed by atoms with Crippen molar-refractivity contribution in [3.63, 3.8) is 0 Å². The third-order valence-corrected chi connectivity index (χ3v) is 4.16. The van der Waals surface area contributed by atoms with Crippen LogP contribution in [0.15, 0.2) is 64.3 Å². The number of benzene rings is 1. The second-order valence-electron chi connectivity index (χ2n) is 5.16. The summed E-state index contributed by atoms with van der Waals surface area (Å²) in [6.45, 7) is 0.159. The van der Waals surface area contributed by atoms with Gasteiger partial charge in [0.1, 0.15) is 5.69 Å². The molecule has 8 nitrogen and oxygen atoms in total. The first-order valence-electron chi connectivity index (χ1n) is 7.21. The lowest BCUT2D eigenvalue weighted by Gasteiger charge is -2.03. The maximum Gasteiger partial charge on any atom is 0.255 e. The average Bonchev–Trinajstić information content (AvgIpc) is 3.09. The number of nitrogens with two attached hydrogens (primary N) is 1. The molecule has 3 aromatic rings. The van der Waals surface area contributed by atoms with E-state index in [2.05, 4.69) is 15.5 Å². The Morgan fingerprint density at radius 2 is 1.92 bits per heavy atom. The summed E-state index contributed by atoms with van der Waals surface area (Å²) in [4.78, 5) is 15.7. The number of carbonyl (C=O) groups excluding carboxylic acids is 1. The summed E-state index contributed by atoms with van der Waals surface area (Å²) in [5.41, 5.74) is 1.65. The Bertz CT molecular complexity index is 982. The summed E-state index contributed by atoms with van der Waals surface area (Å²) in [5.74, 6) is 0.182. The second-order valence-corrected chi connectivity index (χ2v) is 6.67. The normalized spacial score (nSPS) is 11.2. The summed E-state index contributed by atoms with van der Waals surface area (Å²) in [5, 5.41) is 11.2. The quantitative estimate of drug-likeness (QED) is 0.708. The molecule has 3 rings (SSSR count). The fraction of sp³-hybridized carbons (Fsp3) is 0.0625. The topological polar surface area (TPSA) is 128 Å². The highest BCUT2D eigenvalue weighted by Crippen LogP contribution is 2.19. The van der Waals surface area contributed by atoms with Crippen LogP contribution in [0.5, 0.6) is 0 Å². The molecule has 0 atom stereocenters. The fourth-order valence-corrected chi connectivity index (χ4v) is 2.55. The SMILES string of the molecule is NS(=O)(=O)c1ccc(C(=O)NCc2cc(-c3ccccc3)on2)cn1. The van der Waals surface area contributed by atoms with Gasteiger partial charge in [0.05, 0.1) is 12.1 Å². The number of rotatable bonds is 5. The van der Waals surface area contributed by atoms with E-state index in [0.717, 1.165) is 11.8 Å². The highest BCUT2D eigenvalue weighted by atomic mass is 32.2. The van der Waals surface area contributed by atoms with Crippen molar-refractivity contribution in [2.75, 3.05) is 0 Å². The molecule has 0 aliphatic rings. The monoisotopic (exact) mass is 358 g/mol. The highest BCUT2D eigenvalue weighted by molar-refractivity contribution is 7.89. The molecule has 2 aromatic heterocycles.